The van der Waals surface area contributed by atoms with Crippen molar-refractivity contribution < 1.29 is 0 Å². The Labute approximate surface area is 112 Å². The van der Waals surface area contributed by atoms with E-state index in [0.717, 1.165) is 21.5 Å². The molecule has 0 aliphatic rings. The summed E-state index contributed by atoms with van der Waals surface area (Å²) in [4.78, 5) is 17.8. The van der Waals surface area contributed by atoms with Crippen molar-refractivity contribution in [1.29, 1.82) is 0 Å². The highest BCUT2D eigenvalue weighted by atomic mass is 35.5. The molecule has 1 atom stereocenters. The van der Waals surface area contributed by atoms with Crippen LogP contribution >= 0.6 is 22.9 Å². The number of aromatic amines is 2. The Morgan fingerprint density at radius 1 is 1.22 bits per heavy atom. The van der Waals surface area contributed by atoms with Crippen molar-refractivity contribution >= 4 is 34.0 Å². The third-order valence-electron chi connectivity index (χ3n) is 2.96. The number of aryl methyl sites for hydroxylation is 1. The number of rotatable bonds is 2. The summed E-state index contributed by atoms with van der Waals surface area (Å²) in [5.41, 5.74) is 3.58. The smallest absolute Gasteiger partial charge is 0.306 e. The molecule has 1 unspecified atom stereocenters. The minimum Gasteiger partial charge on any atom is -0.306 e. The van der Waals surface area contributed by atoms with Crippen molar-refractivity contribution in [2.24, 2.45) is 0 Å². The fourth-order valence-corrected chi connectivity index (χ4v) is 3.39. The zero-order chi connectivity index (χ0) is 12.7. The Hall–Kier alpha value is -1.52. The van der Waals surface area contributed by atoms with E-state index in [1.807, 2.05) is 23.6 Å². The molecule has 3 nitrogen and oxygen atoms in total. The van der Waals surface area contributed by atoms with E-state index in [9.17, 15) is 4.79 Å². The molecular formula is C13H11ClN2OS. The zero-order valence-corrected chi connectivity index (χ0v) is 11.2. The number of aromatic nitrogens is 2. The van der Waals surface area contributed by atoms with Crippen LogP contribution in [0, 0.1) is 6.92 Å². The van der Waals surface area contributed by atoms with E-state index >= 15 is 0 Å². The molecule has 0 radical (unpaired) electrons. The second kappa shape index (κ2) is 4.30. The fraction of sp³-hybridized carbons (Fsp3) is 0.154. The second-order valence-electron chi connectivity index (χ2n) is 4.21. The van der Waals surface area contributed by atoms with Crippen LogP contribution < -0.4 is 5.69 Å². The molecule has 3 aromatic rings. The first-order chi connectivity index (χ1) is 8.65. The van der Waals surface area contributed by atoms with Gasteiger partial charge in [0.05, 0.1) is 16.4 Å². The molecule has 2 aromatic heterocycles. The van der Waals surface area contributed by atoms with Gasteiger partial charge < -0.3 is 9.97 Å². The Balaban J connectivity index is 2.09. The summed E-state index contributed by atoms with van der Waals surface area (Å²) < 4.78 is 0. The second-order valence-corrected chi connectivity index (χ2v) is 5.60. The van der Waals surface area contributed by atoms with Crippen LogP contribution in [-0.4, -0.2) is 9.97 Å². The fourth-order valence-electron chi connectivity index (χ4n) is 2.00. The SMILES string of the molecule is Cc1ccsc1C(Cl)c1ccc2[nH]c(=O)[nH]c2c1. The third kappa shape index (κ3) is 1.87. The summed E-state index contributed by atoms with van der Waals surface area (Å²) in [7, 11) is 0. The van der Waals surface area contributed by atoms with E-state index < -0.39 is 0 Å². The summed E-state index contributed by atoms with van der Waals surface area (Å²) in [6.07, 6.45) is 0. The number of thiophene rings is 1. The normalized spacial score (nSPS) is 13.0. The molecule has 0 saturated heterocycles. The van der Waals surface area contributed by atoms with Crippen molar-refractivity contribution in [3.8, 4) is 0 Å². The molecule has 2 N–H and O–H groups in total. The molecular weight excluding hydrogens is 268 g/mol. The van der Waals surface area contributed by atoms with Gasteiger partial charge in [-0.2, -0.15) is 0 Å². The van der Waals surface area contributed by atoms with Gasteiger partial charge in [-0.3, -0.25) is 0 Å². The number of fused-ring (bicyclic) bond motifs is 1. The molecule has 92 valence electrons. The van der Waals surface area contributed by atoms with Crippen LogP contribution in [0.3, 0.4) is 0 Å². The predicted molar refractivity (Wildman–Crippen MR) is 75.7 cm³/mol. The van der Waals surface area contributed by atoms with E-state index in [4.69, 9.17) is 11.6 Å². The van der Waals surface area contributed by atoms with Gasteiger partial charge in [0.2, 0.25) is 0 Å². The van der Waals surface area contributed by atoms with E-state index in [0.29, 0.717) is 0 Å². The lowest BCUT2D eigenvalue weighted by molar-refractivity contribution is 1.16. The summed E-state index contributed by atoms with van der Waals surface area (Å²) in [6, 6.07) is 7.81. The third-order valence-corrected chi connectivity index (χ3v) is 4.65. The van der Waals surface area contributed by atoms with Crippen LogP contribution in [0.2, 0.25) is 0 Å². The maximum absolute atomic E-state index is 11.2. The first kappa shape index (κ1) is 11.6. The van der Waals surface area contributed by atoms with Crippen LogP contribution in [0.1, 0.15) is 21.4 Å². The number of H-pyrrole nitrogens is 2. The lowest BCUT2D eigenvalue weighted by Gasteiger charge is -2.09. The summed E-state index contributed by atoms with van der Waals surface area (Å²) >= 11 is 8.15. The number of halogens is 1. The largest absolute Gasteiger partial charge is 0.323 e. The maximum Gasteiger partial charge on any atom is 0.323 e. The van der Waals surface area contributed by atoms with Crippen LogP contribution in [0.5, 0.6) is 0 Å². The highest BCUT2D eigenvalue weighted by Crippen LogP contribution is 2.35. The minimum atomic E-state index is -0.194. The molecule has 2 heterocycles. The average Bonchev–Trinajstić information content (AvgIpc) is 2.91. The number of imidazole rings is 1. The molecule has 18 heavy (non-hydrogen) atoms. The topological polar surface area (TPSA) is 48.6 Å². The van der Waals surface area contributed by atoms with E-state index in [1.165, 1.54) is 5.56 Å². The zero-order valence-electron chi connectivity index (χ0n) is 9.66. The van der Waals surface area contributed by atoms with Crippen LogP contribution in [-0.2, 0) is 0 Å². The number of hydrogen-bond acceptors (Lipinski definition) is 2. The first-order valence-electron chi connectivity index (χ1n) is 5.55. The Morgan fingerprint density at radius 2 is 2.00 bits per heavy atom. The Morgan fingerprint density at radius 3 is 2.72 bits per heavy atom. The maximum atomic E-state index is 11.2. The van der Waals surface area contributed by atoms with Gasteiger partial charge in [-0.15, -0.1) is 22.9 Å². The van der Waals surface area contributed by atoms with E-state index in [2.05, 4.69) is 23.0 Å². The average molecular weight is 279 g/mol. The van der Waals surface area contributed by atoms with Gasteiger partial charge in [0, 0.05) is 4.88 Å². The summed E-state index contributed by atoms with van der Waals surface area (Å²) in [5, 5.41) is 1.87. The van der Waals surface area contributed by atoms with Gasteiger partial charge in [0.25, 0.3) is 0 Å². The van der Waals surface area contributed by atoms with Crippen molar-refractivity contribution in [2.75, 3.05) is 0 Å². The molecule has 0 saturated carbocycles. The molecule has 3 rings (SSSR count). The van der Waals surface area contributed by atoms with Gasteiger partial charge in [0.15, 0.2) is 0 Å². The lowest BCUT2D eigenvalue weighted by Crippen LogP contribution is -1.99. The van der Waals surface area contributed by atoms with Crippen molar-refractivity contribution in [1.82, 2.24) is 9.97 Å². The number of hydrogen-bond donors (Lipinski definition) is 2. The summed E-state index contributed by atoms with van der Waals surface area (Å²) in [5.74, 6) is 0. The van der Waals surface area contributed by atoms with Crippen molar-refractivity contribution in [3.63, 3.8) is 0 Å². The summed E-state index contributed by atoms with van der Waals surface area (Å²) in [6.45, 7) is 2.05. The molecule has 1 aromatic carbocycles. The van der Waals surface area contributed by atoms with Gasteiger partial charge in [-0.25, -0.2) is 4.79 Å². The van der Waals surface area contributed by atoms with Gasteiger partial charge in [-0.05, 0) is 41.6 Å². The van der Waals surface area contributed by atoms with Gasteiger partial charge in [-0.1, -0.05) is 6.07 Å². The standard InChI is InChI=1S/C13H11ClN2OS/c1-7-4-5-18-12(7)11(14)8-2-3-9-10(6-8)16-13(17)15-9/h2-6,11H,1H3,(H2,15,16,17). The van der Waals surface area contributed by atoms with Crippen LogP contribution in [0.15, 0.2) is 34.4 Å². The van der Waals surface area contributed by atoms with Crippen molar-refractivity contribution in [3.05, 3.63) is 56.1 Å². The molecule has 0 amide bonds. The molecule has 0 spiro atoms. The number of benzene rings is 1. The molecule has 0 aliphatic carbocycles. The molecule has 0 fully saturated rings. The van der Waals surface area contributed by atoms with Gasteiger partial charge >= 0.3 is 5.69 Å². The minimum absolute atomic E-state index is 0.173. The Kier molecular flexibility index (Phi) is 2.76. The lowest BCUT2D eigenvalue weighted by atomic mass is 10.1. The van der Waals surface area contributed by atoms with Crippen LogP contribution in [0.4, 0.5) is 0 Å². The highest BCUT2D eigenvalue weighted by Gasteiger charge is 2.15. The quantitative estimate of drug-likeness (QED) is 0.692. The Bertz CT molecular complexity index is 756. The molecule has 0 aliphatic heterocycles. The van der Waals surface area contributed by atoms with E-state index in [-0.39, 0.29) is 11.1 Å². The molecule has 5 heteroatoms. The van der Waals surface area contributed by atoms with Gasteiger partial charge in [0.1, 0.15) is 0 Å². The number of alkyl halides is 1. The number of nitrogens with one attached hydrogen (secondary N) is 2. The van der Waals surface area contributed by atoms with Crippen LogP contribution in [0.25, 0.3) is 11.0 Å². The van der Waals surface area contributed by atoms with Crippen molar-refractivity contribution in [2.45, 2.75) is 12.3 Å². The predicted octanol–water partition coefficient (Wildman–Crippen LogP) is 3.55. The first-order valence-corrected chi connectivity index (χ1v) is 6.87. The highest BCUT2D eigenvalue weighted by molar-refractivity contribution is 7.10. The molecule has 0 bridgehead atoms. The van der Waals surface area contributed by atoms with E-state index in [1.54, 1.807) is 11.3 Å². The monoisotopic (exact) mass is 278 g/mol.